The Kier molecular flexibility index (Phi) is 6.27. The van der Waals surface area contributed by atoms with Crippen molar-refractivity contribution in [3.8, 4) is 11.5 Å². The van der Waals surface area contributed by atoms with Gasteiger partial charge in [-0.3, -0.25) is 4.79 Å². The van der Waals surface area contributed by atoms with Crippen LogP contribution < -0.4 is 9.47 Å². The van der Waals surface area contributed by atoms with Gasteiger partial charge in [-0.25, -0.2) is 0 Å². The number of nitrogens with zero attached hydrogens (tertiary/aromatic N) is 4. The molecule has 3 heterocycles. The molecule has 158 valence electrons. The van der Waals surface area contributed by atoms with Gasteiger partial charge in [0.25, 0.3) is 0 Å². The molecule has 1 atom stereocenters. The first kappa shape index (κ1) is 20.3. The van der Waals surface area contributed by atoms with Gasteiger partial charge >= 0.3 is 0 Å². The Balaban J connectivity index is 1.45. The third-order valence-electron chi connectivity index (χ3n) is 5.18. The summed E-state index contributed by atoms with van der Waals surface area (Å²) >= 11 is 1.39. The van der Waals surface area contributed by atoms with Gasteiger partial charge in [-0.05, 0) is 43.2 Å². The SMILES string of the molecule is COc1ccc(OC)c(C2CCCN2C(=O)CSc2nncn2Cc2ccco2)c1. The number of hydrogen-bond acceptors (Lipinski definition) is 7. The number of thioether (sulfide) groups is 1. The Hall–Kier alpha value is -2.94. The zero-order valence-corrected chi connectivity index (χ0v) is 17.8. The molecular weight excluding hydrogens is 404 g/mol. The summed E-state index contributed by atoms with van der Waals surface area (Å²) in [7, 11) is 3.28. The van der Waals surface area contributed by atoms with E-state index in [1.165, 1.54) is 11.8 Å². The molecule has 2 aromatic heterocycles. The summed E-state index contributed by atoms with van der Waals surface area (Å²) in [5.74, 6) is 2.70. The predicted octanol–water partition coefficient (Wildman–Crippen LogP) is 3.39. The molecule has 30 heavy (non-hydrogen) atoms. The second-order valence-corrected chi connectivity index (χ2v) is 7.90. The van der Waals surface area contributed by atoms with Gasteiger partial charge < -0.3 is 23.4 Å². The Morgan fingerprint density at radius 1 is 1.30 bits per heavy atom. The number of carbonyl (C=O) groups excluding carboxylic acids is 1. The minimum absolute atomic E-state index is 0.0239. The van der Waals surface area contributed by atoms with Gasteiger partial charge in [-0.2, -0.15) is 0 Å². The van der Waals surface area contributed by atoms with Crippen molar-refractivity contribution in [3.05, 3.63) is 54.2 Å². The van der Waals surface area contributed by atoms with Crippen LogP contribution in [0.4, 0.5) is 0 Å². The van der Waals surface area contributed by atoms with Gasteiger partial charge in [-0.15, -0.1) is 10.2 Å². The number of aromatic nitrogens is 3. The van der Waals surface area contributed by atoms with E-state index in [2.05, 4.69) is 10.2 Å². The van der Waals surface area contributed by atoms with Gasteiger partial charge in [0.15, 0.2) is 5.16 Å². The molecule has 0 radical (unpaired) electrons. The highest BCUT2D eigenvalue weighted by molar-refractivity contribution is 7.99. The zero-order valence-electron chi connectivity index (χ0n) is 17.0. The third-order valence-corrected chi connectivity index (χ3v) is 6.15. The number of hydrogen-bond donors (Lipinski definition) is 0. The molecule has 0 spiro atoms. The number of carbonyl (C=O) groups is 1. The van der Waals surface area contributed by atoms with E-state index in [1.807, 2.05) is 39.8 Å². The van der Waals surface area contributed by atoms with Crippen molar-refractivity contribution in [3.63, 3.8) is 0 Å². The molecule has 1 aliphatic heterocycles. The van der Waals surface area contributed by atoms with Crippen LogP contribution in [0.3, 0.4) is 0 Å². The van der Waals surface area contributed by atoms with Gasteiger partial charge in [0.2, 0.25) is 5.91 Å². The van der Waals surface area contributed by atoms with Gasteiger partial charge in [0.1, 0.15) is 23.6 Å². The molecule has 1 fully saturated rings. The number of ether oxygens (including phenoxy) is 2. The first-order chi connectivity index (χ1) is 14.7. The Morgan fingerprint density at radius 3 is 2.97 bits per heavy atom. The number of benzene rings is 1. The summed E-state index contributed by atoms with van der Waals surface area (Å²) in [5.41, 5.74) is 0.980. The molecule has 1 unspecified atom stereocenters. The highest BCUT2D eigenvalue weighted by Crippen LogP contribution is 2.39. The average molecular weight is 429 g/mol. The summed E-state index contributed by atoms with van der Waals surface area (Å²) in [6.45, 7) is 1.26. The third kappa shape index (κ3) is 4.30. The lowest BCUT2D eigenvalue weighted by Crippen LogP contribution is -2.32. The normalized spacial score (nSPS) is 16.1. The molecule has 1 aromatic carbocycles. The molecule has 0 saturated carbocycles. The number of likely N-dealkylation sites (tertiary alicyclic amines) is 1. The zero-order chi connectivity index (χ0) is 20.9. The van der Waals surface area contributed by atoms with E-state index in [4.69, 9.17) is 13.9 Å². The molecule has 0 bridgehead atoms. The lowest BCUT2D eigenvalue weighted by molar-refractivity contribution is -0.129. The summed E-state index contributed by atoms with van der Waals surface area (Å²) in [4.78, 5) is 15.0. The van der Waals surface area contributed by atoms with Crippen molar-refractivity contribution in [2.75, 3.05) is 26.5 Å². The van der Waals surface area contributed by atoms with Crippen LogP contribution in [0.2, 0.25) is 0 Å². The highest BCUT2D eigenvalue weighted by atomic mass is 32.2. The first-order valence-corrected chi connectivity index (χ1v) is 10.7. The fourth-order valence-electron chi connectivity index (χ4n) is 3.73. The van der Waals surface area contributed by atoms with Crippen LogP contribution in [0, 0.1) is 0 Å². The lowest BCUT2D eigenvalue weighted by Gasteiger charge is -2.26. The van der Waals surface area contributed by atoms with Crippen molar-refractivity contribution >= 4 is 17.7 Å². The largest absolute Gasteiger partial charge is 0.497 e. The summed E-state index contributed by atoms with van der Waals surface area (Å²) < 4.78 is 18.2. The van der Waals surface area contributed by atoms with E-state index in [0.29, 0.717) is 17.5 Å². The summed E-state index contributed by atoms with van der Waals surface area (Å²) in [5, 5.41) is 8.82. The molecule has 1 saturated heterocycles. The van der Waals surface area contributed by atoms with Crippen LogP contribution in [-0.4, -0.2) is 52.1 Å². The van der Waals surface area contributed by atoms with E-state index in [1.54, 1.807) is 26.8 Å². The smallest absolute Gasteiger partial charge is 0.233 e. The number of furan rings is 1. The molecular formula is C21H24N4O4S. The second-order valence-electron chi connectivity index (χ2n) is 6.96. The summed E-state index contributed by atoms with van der Waals surface area (Å²) in [6, 6.07) is 9.44. The van der Waals surface area contributed by atoms with Crippen LogP contribution in [0.25, 0.3) is 0 Å². The Bertz CT molecular complexity index is 989. The first-order valence-electron chi connectivity index (χ1n) is 9.74. The van der Waals surface area contributed by atoms with E-state index < -0.39 is 0 Å². The fourth-order valence-corrected chi connectivity index (χ4v) is 4.53. The maximum absolute atomic E-state index is 13.1. The Morgan fingerprint density at radius 2 is 2.20 bits per heavy atom. The van der Waals surface area contributed by atoms with Crippen molar-refractivity contribution in [2.24, 2.45) is 0 Å². The van der Waals surface area contributed by atoms with E-state index in [9.17, 15) is 4.79 Å². The monoisotopic (exact) mass is 428 g/mol. The van der Waals surface area contributed by atoms with Crippen LogP contribution in [-0.2, 0) is 11.3 Å². The molecule has 0 aliphatic carbocycles. The molecule has 0 N–H and O–H groups in total. The molecule has 8 nitrogen and oxygen atoms in total. The number of rotatable bonds is 8. The summed E-state index contributed by atoms with van der Waals surface area (Å²) in [6.07, 6.45) is 5.14. The minimum Gasteiger partial charge on any atom is -0.497 e. The average Bonchev–Trinajstić information content (AvgIpc) is 3.54. The maximum Gasteiger partial charge on any atom is 0.233 e. The fraction of sp³-hybridized carbons (Fsp3) is 0.381. The molecule has 3 aromatic rings. The van der Waals surface area contributed by atoms with Crippen LogP contribution in [0.5, 0.6) is 11.5 Å². The second kappa shape index (κ2) is 9.25. The van der Waals surface area contributed by atoms with Crippen molar-refractivity contribution in [2.45, 2.75) is 30.6 Å². The Labute approximate surface area is 179 Å². The minimum atomic E-state index is -0.0239. The van der Waals surface area contributed by atoms with Crippen molar-refractivity contribution in [1.29, 1.82) is 0 Å². The topological polar surface area (TPSA) is 82.6 Å². The van der Waals surface area contributed by atoms with Crippen LogP contribution in [0.15, 0.2) is 52.5 Å². The van der Waals surface area contributed by atoms with Crippen molar-refractivity contribution < 1.29 is 18.7 Å². The quantitative estimate of drug-likeness (QED) is 0.509. The number of amides is 1. The standard InChI is InChI=1S/C21H24N4O4S/c1-27-15-7-8-19(28-2)17(11-15)18-6-3-9-25(18)20(26)13-30-21-23-22-14-24(21)12-16-5-4-10-29-16/h4-5,7-8,10-11,14,18H,3,6,9,12-13H2,1-2H3. The van der Waals surface area contributed by atoms with Gasteiger partial charge in [0, 0.05) is 12.1 Å². The molecule has 4 rings (SSSR count). The molecule has 9 heteroatoms. The van der Waals surface area contributed by atoms with E-state index in [0.717, 1.165) is 42.2 Å². The molecule has 1 amide bonds. The van der Waals surface area contributed by atoms with Gasteiger partial charge in [-0.1, -0.05) is 11.8 Å². The highest BCUT2D eigenvalue weighted by Gasteiger charge is 2.32. The van der Waals surface area contributed by atoms with Crippen LogP contribution in [0.1, 0.15) is 30.2 Å². The predicted molar refractivity (Wildman–Crippen MR) is 112 cm³/mol. The maximum atomic E-state index is 13.1. The van der Waals surface area contributed by atoms with Crippen molar-refractivity contribution in [1.82, 2.24) is 19.7 Å². The van der Waals surface area contributed by atoms with E-state index in [-0.39, 0.29) is 11.9 Å². The molecule has 1 aliphatic rings. The number of methoxy groups -OCH3 is 2. The van der Waals surface area contributed by atoms with E-state index >= 15 is 0 Å². The lowest BCUT2D eigenvalue weighted by atomic mass is 10.0. The van der Waals surface area contributed by atoms with Gasteiger partial charge in [0.05, 0.1) is 38.8 Å². The van der Waals surface area contributed by atoms with Crippen LogP contribution >= 0.6 is 11.8 Å².